The summed E-state index contributed by atoms with van der Waals surface area (Å²) in [6.07, 6.45) is 2.49. The molecule has 0 saturated carbocycles. The zero-order valence-corrected chi connectivity index (χ0v) is 17.1. The smallest absolute Gasteiger partial charge is 0.257 e. The number of aromatic nitrogens is 1. The van der Waals surface area contributed by atoms with Gasteiger partial charge in [0.2, 0.25) is 0 Å². The highest BCUT2D eigenvalue weighted by molar-refractivity contribution is 7.78. The minimum absolute atomic E-state index is 0.0475. The van der Waals surface area contributed by atoms with Crippen molar-refractivity contribution in [2.24, 2.45) is 7.05 Å². The maximum absolute atomic E-state index is 12.9. The highest BCUT2D eigenvalue weighted by Crippen LogP contribution is 2.33. The van der Waals surface area contributed by atoms with Crippen LogP contribution in [0.4, 0.5) is 5.69 Å². The van der Waals surface area contributed by atoms with E-state index >= 15 is 0 Å². The highest BCUT2D eigenvalue weighted by atomic mass is 35.5. The normalized spacial score (nSPS) is 12.0. The summed E-state index contributed by atoms with van der Waals surface area (Å²) in [4.78, 5) is 12.9. The summed E-state index contributed by atoms with van der Waals surface area (Å²) >= 11 is 4.23. The molecule has 0 radical (unpaired) electrons. The number of carbonyl (C=O) groups excluding carboxylic acids is 1. The van der Waals surface area contributed by atoms with E-state index in [0.29, 0.717) is 28.3 Å². The lowest BCUT2D eigenvalue weighted by Gasteiger charge is -2.10. The van der Waals surface area contributed by atoms with Crippen LogP contribution in [0, 0.1) is 0 Å². The standard InChI is InChI=1S/C21H21ClN2O3S/c1-3-16-18(12-24(2)20(16)17-6-4-5-7-19(17)22)21(25)23-15-10-8-14(9-11-15)13-28(26)27/h4-12H,3,13H2,1-2H3,(H,23,25)(H,26,27)/p-1. The second-order valence-corrected chi connectivity index (χ2v) is 7.72. The number of nitrogens with zero attached hydrogens (tertiary/aromatic N) is 1. The summed E-state index contributed by atoms with van der Waals surface area (Å²) < 4.78 is 23.5. The molecule has 1 N–H and O–H groups in total. The Hall–Kier alpha value is -2.41. The van der Waals surface area contributed by atoms with Gasteiger partial charge in [0.1, 0.15) is 0 Å². The molecule has 0 bridgehead atoms. The van der Waals surface area contributed by atoms with E-state index in [1.165, 1.54) is 0 Å². The number of nitrogens with one attached hydrogen (secondary N) is 1. The van der Waals surface area contributed by atoms with Crippen LogP contribution in [-0.4, -0.2) is 19.2 Å². The average Bonchev–Trinajstić information content (AvgIpc) is 2.99. The molecule has 0 fully saturated rings. The van der Waals surface area contributed by atoms with Crippen LogP contribution in [0.3, 0.4) is 0 Å². The van der Waals surface area contributed by atoms with Gasteiger partial charge in [0.25, 0.3) is 5.91 Å². The van der Waals surface area contributed by atoms with E-state index in [2.05, 4.69) is 5.32 Å². The third-order valence-corrected chi connectivity index (χ3v) is 5.41. The van der Waals surface area contributed by atoms with Crippen LogP contribution in [0.15, 0.2) is 54.7 Å². The van der Waals surface area contributed by atoms with Crippen molar-refractivity contribution < 1.29 is 13.6 Å². The molecule has 0 saturated heterocycles. The maximum atomic E-state index is 12.9. The molecule has 2 aromatic carbocycles. The topological polar surface area (TPSA) is 74.2 Å². The fourth-order valence-corrected chi connectivity index (χ4v) is 3.94. The molecule has 1 atom stereocenters. The van der Waals surface area contributed by atoms with Gasteiger partial charge >= 0.3 is 0 Å². The molecule has 0 aliphatic rings. The molecule has 0 spiro atoms. The van der Waals surface area contributed by atoms with E-state index in [-0.39, 0.29) is 11.7 Å². The number of halogens is 1. The zero-order chi connectivity index (χ0) is 20.3. The number of rotatable bonds is 6. The van der Waals surface area contributed by atoms with Gasteiger partial charge in [-0.3, -0.25) is 9.00 Å². The zero-order valence-electron chi connectivity index (χ0n) is 15.6. The van der Waals surface area contributed by atoms with Crippen LogP contribution in [0.25, 0.3) is 11.3 Å². The number of anilines is 1. The van der Waals surface area contributed by atoms with Gasteiger partial charge in [0.05, 0.1) is 11.3 Å². The maximum Gasteiger partial charge on any atom is 0.257 e. The Morgan fingerprint density at radius 1 is 1.18 bits per heavy atom. The number of aryl methyl sites for hydroxylation is 1. The van der Waals surface area contributed by atoms with Gasteiger partial charge in [0, 0.05) is 35.3 Å². The van der Waals surface area contributed by atoms with Crippen LogP contribution in [-0.2, 0) is 30.3 Å². The Morgan fingerprint density at radius 3 is 2.46 bits per heavy atom. The Kier molecular flexibility index (Phi) is 6.34. The van der Waals surface area contributed by atoms with Crippen molar-refractivity contribution in [3.8, 4) is 11.3 Å². The summed E-state index contributed by atoms with van der Waals surface area (Å²) in [6, 6.07) is 14.3. The lowest BCUT2D eigenvalue weighted by molar-refractivity contribution is 0.102. The SMILES string of the molecule is CCc1c(C(=O)Nc2ccc(CS(=O)[O-])cc2)cn(C)c1-c1ccccc1Cl. The first-order valence-electron chi connectivity index (χ1n) is 8.80. The fourth-order valence-electron chi connectivity index (χ4n) is 3.25. The second-order valence-electron chi connectivity index (χ2n) is 6.41. The lowest BCUT2D eigenvalue weighted by atomic mass is 10.0. The van der Waals surface area contributed by atoms with Gasteiger partial charge in [-0.05, 0) is 35.7 Å². The van der Waals surface area contributed by atoms with Crippen LogP contribution in [0.1, 0.15) is 28.4 Å². The van der Waals surface area contributed by atoms with E-state index < -0.39 is 11.1 Å². The number of amides is 1. The molecule has 28 heavy (non-hydrogen) atoms. The fraction of sp³-hybridized carbons (Fsp3) is 0.190. The molecule has 0 aliphatic carbocycles. The van der Waals surface area contributed by atoms with Gasteiger partial charge in [-0.1, -0.05) is 59.9 Å². The second kappa shape index (κ2) is 8.73. The third-order valence-electron chi connectivity index (χ3n) is 4.51. The molecule has 1 unspecified atom stereocenters. The Morgan fingerprint density at radius 2 is 1.86 bits per heavy atom. The van der Waals surface area contributed by atoms with E-state index in [9.17, 15) is 13.6 Å². The molecular formula is C21H20ClN2O3S-. The van der Waals surface area contributed by atoms with Gasteiger partial charge in [-0.2, -0.15) is 0 Å². The summed E-state index contributed by atoms with van der Waals surface area (Å²) in [5, 5.41) is 3.52. The Balaban J connectivity index is 1.89. The van der Waals surface area contributed by atoms with Crippen molar-refractivity contribution in [1.29, 1.82) is 0 Å². The van der Waals surface area contributed by atoms with Gasteiger partial charge in [-0.25, -0.2) is 0 Å². The molecule has 1 amide bonds. The van der Waals surface area contributed by atoms with Gasteiger partial charge in [0.15, 0.2) is 0 Å². The van der Waals surface area contributed by atoms with E-state index in [1.54, 1.807) is 24.3 Å². The van der Waals surface area contributed by atoms with Crippen molar-refractivity contribution in [2.75, 3.05) is 5.32 Å². The number of hydrogen-bond acceptors (Lipinski definition) is 3. The van der Waals surface area contributed by atoms with Crippen LogP contribution >= 0.6 is 11.6 Å². The van der Waals surface area contributed by atoms with Crippen molar-refractivity contribution >= 4 is 34.3 Å². The molecule has 1 aromatic heterocycles. The Bertz CT molecular complexity index is 1030. The summed E-state index contributed by atoms with van der Waals surface area (Å²) in [5.41, 5.74) is 4.59. The summed E-state index contributed by atoms with van der Waals surface area (Å²) in [6.45, 7) is 2.00. The first-order valence-corrected chi connectivity index (χ1v) is 10.4. The lowest BCUT2D eigenvalue weighted by Crippen LogP contribution is -2.13. The quantitative estimate of drug-likeness (QED) is 0.600. The van der Waals surface area contributed by atoms with Crippen LogP contribution in [0.5, 0.6) is 0 Å². The molecule has 5 nitrogen and oxygen atoms in total. The van der Waals surface area contributed by atoms with Crippen molar-refractivity contribution in [3.63, 3.8) is 0 Å². The van der Waals surface area contributed by atoms with E-state index in [0.717, 1.165) is 16.8 Å². The van der Waals surface area contributed by atoms with Crippen molar-refractivity contribution in [3.05, 3.63) is 76.4 Å². The molecule has 3 rings (SSSR count). The Labute approximate surface area is 171 Å². The van der Waals surface area contributed by atoms with Gasteiger partial charge in [-0.15, -0.1) is 0 Å². The van der Waals surface area contributed by atoms with E-state index in [4.69, 9.17) is 11.6 Å². The van der Waals surface area contributed by atoms with Crippen molar-refractivity contribution in [1.82, 2.24) is 4.57 Å². The average molecular weight is 416 g/mol. The molecule has 7 heteroatoms. The number of hydrogen-bond donors (Lipinski definition) is 1. The molecule has 1 heterocycles. The molecule has 0 aliphatic heterocycles. The first-order chi connectivity index (χ1) is 13.4. The number of carbonyl (C=O) groups is 1. The predicted octanol–water partition coefficient (Wildman–Crippen LogP) is 4.54. The monoisotopic (exact) mass is 415 g/mol. The third kappa shape index (κ3) is 4.35. The van der Waals surface area contributed by atoms with E-state index in [1.807, 2.05) is 49.0 Å². The molecular weight excluding hydrogens is 396 g/mol. The van der Waals surface area contributed by atoms with Crippen molar-refractivity contribution in [2.45, 2.75) is 19.1 Å². The largest absolute Gasteiger partial charge is 0.772 e. The summed E-state index contributed by atoms with van der Waals surface area (Å²) in [5.74, 6) is -0.264. The predicted molar refractivity (Wildman–Crippen MR) is 112 cm³/mol. The summed E-state index contributed by atoms with van der Waals surface area (Å²) in [7, 11) is 1.90. The minimum atomic E-state index is -2.14. The number of benzene rings is 2. The van der Waals surface area contributed by atoms with Crippen LogP contribution in [0.2, 0.25) is 5.02 Å². The highest BCUT2D eigenvalue weighted by Gasteiger charge is 2.20. The molecule has 3 aromatic rings. The first kappa shape index (κ1) is 20.3. The van der Waals surface area contributed by atoms with Gasteiger partial charge < -0.3 is 14.4 Å². The van der Waals surface area contributed by atoms with Crippen LogP contribution < -0.4 is 5.32 Å². The minimum Gasteiger partial charge on any atom is -0.772 e. The molecule has 146 valence electrons.